The van der Waals surface area contributed by atoms with E-state index < -0.39 is 17.9 Å². The van der Waals surface area contributed by atoms with Crippen LogP contribution in [0.25, 0.3) is 0 Å². The number of rotatable bonds is 9. The summed E-state index contributed by atoms with van der Waals surface area (Å²) in [5, 5.41) is 11.2. The van der Waals surface area contributed by atoms with Crippen LogP contribution in [0.3, 0.4) is 0 Å². The monoisotopic (exact) mass is 299 g/mol. The summed E-state index contributed by atoms with van der Waals surface area (Å²) in [7, 11) is 1.38. The van der Waals surface area contributed by atoms with Crippen LogP contribution < -0.4 is 10.1 Å². The van der Waals surface area contributed by atoms with E-state index in [1.54, 1.807) is 6.07 Å². The van der Waals surface area contributed by atoms with Crippen LogP contribution in [0.2, 0.25) is 0 Å². The summed E-state index contributed by atoms with van der Waals surface area (Å²) in [6, 6.07) is 5.63. The van der Waals surface area contributed by atoms with Gasteiger partial charge in [-0.05, 0) is 12.1 Å². The van der Waals surface area contributed by atoms with E-state index in [2.05, 4.69) is 5.32 Å². The highest BCUT2D eigenvalue weighted by atomic mass is 19.1. The van der Waals surface area contributed by atoms with E-state index in [1.165, 1.54) is 25.3 Å². The lowest BCUT2D eigenvalue weighted by Crippen LogP contribution is -2.35. The summed E-state index contributed by atoms with van der Waals surface area (Å²) >= 11 is 0. The summed E-state index contributed by atoms with van der Waals surface area (Å²) in [5.74, 6) is -1.35. The number of carbonyl (C=O) groups is 2. The molecule has 116 valence electrons. The molecule has 0 aliphatic carbocycles. The van der Waals surface area contributed by atoms with Crippen LogP contribution >= 0.6 is 0 Å². The summed E-state index contributed by atoms with van der Waals surface area (Å²) in [6.07, 6.45) is -0.674. The Bertz CT molecular complexity index is 480. The lowest BCUT2D eigenvalue weighted by Gasteiger charge is -2.14. The molecule has 0 aromatic heterocycles. The number of aliphatic carboxylic acids is 1. The zero-order valence-electron chi connectivity index (χ0n) is 11.7. The number of hydrogen-bond acceptors (Lipinski definition) is 4. The zero-order chi connectivity index (χ0) is 15.7. The smallest absolute Gasteiger partial charge is 0.306 e. The normalized spacial score (nSPS) is 11.7. The van der Waals surface area contributed by atoms with Gasteiger partial charge in [-0.3, -0.25) is 9.59 Å². The Morgan fingerprint density at radius 1 is 1.43 bits per heavy atom. The van der Waals surface area contributed by atoms with E-state index in [9.17, 15) is 14.0 Å². The van der Waals surface area contributed by atoms with Crippen LogP contribution in [0.15, 0.2) is 24.3 Å². The molecular formula is C14H18FNO5. The molecule has 0 fully saturated rings. The van der Waals surface area contributed by atoms with Gasteiger partial charge in [0.15, 0.2) is 0 Å². The van der Waals surface area contributed by atoms with Gasteiger partial charge >= 0.3 is 5.97 Å². The third-order valence-corrected chi connectivity index (χ3v) is 2.66. The van der Waals surface area contributed by atoms with E-state index in [-0.39, 0.29) is 31.9 Å². The highest BCUT2D eigenvalue weighted by molar-refractivity contribution is 5.76. The van der Waals surface area contributed by atoms with Crippen LogP contribution in [0, 0.1) is 5.82 Å². The quantitative estimate of drug-likeness (QED) is 0.715. The molecule has 1 unspecified atom stereocenters. The Hall–Kier alpha value is -2.15. The minimum absolute atomic E-state index is 0.0834. The number of nitrogens with one attached hydrogen (secondary N) is 1. The molecule has 6 nitrogen and oxygen atoms in total. The molecule has 0 heterocycles. The Kier molecular flexibility index (Phi) is 7.17. The molecule has 1 aromatic carbocycles. The number of hydrogen-bond donors (Lipinski definition) is 2. The molecule has 0 aliphatic rings. The lowest BCUT2D eigenvalue weighted by atomic mass is 10.2. The largest absolute Gasteiger partial charge is 0.493 e. The fourth-order valence-electron chi connectivity index (χ4n) is 1.57. The van der Waals surface area contributed by atoms with Crippen molar-refractivity contribution in [2.45, 2.75) is 18.9 Å². The minimum Gasteiger partial charge on any atom is -0.493 e. The van der Waals surface area contributed by atoms with E-state index in [1.807, 2.05) is 0 Å². The zero-order valence-corrected chi connectivity index (χ0v) is 11.7. The van der Waals surface area contributed by atoms with Gasteiger partial charge in [-0.15, -0.1) is 0 Å². The van der Waals surface area contributed by atoms with Crippen LogP contribution in [-0.2, 0) is 14.3 Å². The Morgan fingerprint density at radius 3 is 2.81 bits per heavy atom. The van der Waals surface area contributed by atoms with Gasteiger partial charge in [0.1, 0.15) is 11.6 Å². The van der Waals surface area contributed by atoms with Crippen LogP contribution in [0.5, 0.6) is 5.75 Å². The Balaban J connectivity index is 2.23. The van der Waals surface area contributed by atoms with Crippen LogP contribution in [0.1, 0.15) is 12.8 Å². The third-order valence-electron chi connectivity index (χ3n) is 2.66. The van der Waals surface area contributed by atoms with Gasteiger partial charge in [0.25, 0.3) is 0 Å². The number of halogens is 1. The molecule has 0 aliphatic heterocycles. The molecule has 0 bridgehead atoms. The van der Waals surface area contributed by atoms with Crippen molar-refractivity contribution in [3.63, 3.8) is 0 Å². The molecule has 21 heavy (non-hydrogen) atoms. The molecular weight excluding hydrogens is 281 g/mol. The van der Waals surface area contributed by atoms with Crippen molar-refractivity contribution in [3.8, 4) is 5.75 Å². The van der Waals surface area contributed by atoms with Crippen molar-refractivity contribution in [2.75, 3.05) is 20.3 Å². The molecule has 1 amide bonds. The number of benzene rings is 1. The van der Waals surface area contributed by atoms with E-state index in [4.69, 9.17) is 14.6 Å². The number of amides is 1. The first kappa shape index (κ1) is 16.9. The van der Waals surface area contributed by atoms with Gasteiger partial charge in [-0.25, -0.2) is 4.39 Å². The highest BCUT2D eigenvalue weighted by Gasteiger charge is 2.13. The van der Waals surface area contributed by atoms with Crippen molar-refractivity contribution in [3.05, 3.63) is 30.1 Å². The maximum atomic E-state index is 12.9. The average Bonchev–Trinajstić information content (AvgIpc) is 2.43. The summed E-state index contributed by atoms with van der Waals surface area (Å²) < 4.78 is 23.0. The third kappa shape index (κ3) is 7.26. The number of carboxylic acids is 1. The lowest BCUT2D eigenvalue weighted by molar-refractivity contribution is -0.140. The predicted octanol–water partition coefficient (Wildman–Crippen LogP) is 1.20. The highest BCUT2D eigenvalue weighted by Crippen LogP contribution is 2.11. The second kappa shape index (κ2) is 8.91. The van der Waals surface area contributed by atoms with Crippen LogP contribution in [-0.4, -0.2) is 43.3 Å². The summed E-state index contributed by atoms with van der Waals surface area (Å²) in [4.78, 5) is 22.1. The first-order valence-electron chi connectivity index (χ1n) is 6.41. The first-order valence-corrected chi connectivity index (χ1v) is 6.41. The Morgan fingerprint density at radius 2 is 2.19 bits per heavy atom. The van der Waals surface area contributed by atoms with Gasteiger partial charge in [0.2, 0.25) is 5.91 Å². The molecule has 2 N–H and O–H groups in total. The number of ether oxygens (including phenoxy) is 2. The van der Waals surface area contributed by atoms with Crippen LogP contribution in [0.4, 0.5) is 4.39 Å². The molecule has 0 saturated carbocycles. The molecule has 1 aromatic rings. The predicted molar refractivity (Wildman–Crippen MR) is 72.6 cm³/mol. The molecule has 1 atom stereocenters. The SMILES string of the molecule is COC(CNC(=O)CCOc1cccc(F)c1)CC(=O)O. The fraction of sp³-hybridized carbons (Fsp3) is 0.429. The van der Waals surface area contributed by atoms with Gasteiger partial charge in [-0.1, -0.05) is 6.07 Å². The maximum Gasteiger partial charge on any atom is 0.306 e. The number of carboxylic acid groups (broad SMARTS) is 1. The van der Waals surface area contributed by atoms with Gasteiger partial charge in [0, 0.05) is 19.7 Å². The van der Waals surface area contributed by atoms with Crippen molar-refractivity contribution in [1.82, 2.24) is 5.32 Å². The topological polar surface area (TPSA) is 84.9 Å². The maximum absolute atomic E-state index is 12.9. The molecule has 1 rings (SSSR count). The summed E-state index contributed by atoms with van der Waals surface area (Å²) in [5.41, 5.74) is 0. The molecule has 7 heteroatoms. The van der Waals surface area contributed by atoms with Gasteiger partial charge in [-0.2, -0.15) is 0 Å². The number of methoxy groups -OCH3 is 1. The first-order chi connectivity index (χ1) is 10.0. The Labute approximate surface area is 121 Å². The summed E-state index contributed by atoms with van der Waals surface area (Å²) in [6.45, 7) is 0.216. The van der Waals surface area contributed by atoms with Gasteiger partial charge in [0.05, 0.1) is 25.6 Å². The van der Waals surface area contributed by atoms with Crippen molar-refractivity contribution < 1.29 is 28.6 Å². The molecule has 0 spiro atoms. The standard InChI is InChI=1S/C14H18FNO5/c1-20-12(8-14(18)19)9-16-13(17)5-6-21-11-4-2-3-10(15)7-11/h2-4,7,12H,5-6,8-9H2,1H3,(H,16,17)(H,18,19). The van der Waals surface area contributed by atoms with E-state index >= 15 is 0 Å². The fourth-order valence-corrected chi connectivity index (χ4v) is 1.57. The van der Waals surface area contributed by atoms with Crippen molar-refractivity contribution in [2.24, 2.45) is 0 Å². The second-order valence-electron chi connectivity index (χ2n) is 4.32. The van der Waals surface area contributed by atoms with E-state index in [0.717, 1.165) is 0 Å². The van der Waals surface area contributed by atoms with Crippen molar-refractivity contribution in [1.29, 1.82) is 0 Å². The van der Waals surface area contributed by atoms with E-state index in [0.29, 0.717) is 5.75 Å². The van der Waals surface area contributed by atoms with Crippen molar-refractivity contribution >= 4 is 11.9 Å². The molecule has 0 saturated heterocycles. The minimum atomic E-state index is -0.995. The number of carbonyl (C=O) groups excluding carboxylic acids is 1. The second-order valence-corrected chi connectivity index (χ2v) is 4.32. The molecule has 0 radical (unpaired) electrons. The van der Waals surface area contributed by atoms with Gasteiger partial charge < -0.3 is 19.9 Å². The average molecular weight is 299 g/mol.